The van der Waals surface area contributed by atoms with Crippen LogP contribution in [0.15, 0.2) is 18.2 Å². The summed E-state index contributed by atoms with van der Waals surface area (Å²) in [5.74, 6) is 1.03. The summed E-state index contributed by atoms with van der Waals surface area (Å²) in [5, 5.41) is 0. The van der Waals surface area contributed by atoms with Crippen LogP contribution in [0.4, 0.5) is 0 Å². The van der Waals surface area contributed by atoms with Crippen molar-refractivity contribution in [1.29, 1.82) is 0 Å². The summed E-state index contributed by atoms with van der Waals surface area (Å²) in [6.45, 7) is 3.68. The fraction of sp³-hybridized carbons (Fsp3) is 0.524. The Kier molecular flexibility index (Phi) is 4.03. The van der Waals surface area contributed by atoms with Crippen molar-refractivity contribution in [2.45, 2.75) is 50.5 Å². The van der Waals surface area contributed by atoms with Crippen LogP contribution in [0.2, 0.25) is 0 Å². The first-order chi connectivity index (χ1) is 13.9. The van der Waals surface area contributed by atoms with Crippen LogP contribution in [0.3, 0.4) is 0 Å². The Labute approximate surface area is 168 Å². The molecular formula is C21H23NO7. The van der Waals surface area contributed by atoms with Gasteiger partial charge in [-0.1, -0.05) is 6.08 Å². The van der Waals surface area contributed by atoms with Crippen LogP contribution in [0.1, 0.15) is 44.0 Å². The van der Waals surface area contributed by atoms with E-state index in [1.807, 2.05) is 12.1 Å². The largest absolute Gasteiger partial charge is 0.492 e. The molecule has 5 rings (SSSR count). The number of fused-ring (bicyclic) bond motifs is 2. The van der Waals surface area contributed by atoms with Gasteiger partial charge in [-0.15, -0.1) is 0 Å². The van der Waals surface area contributed by atoms with Gasteiger partial charge in [0, 0.05) is 38.3 Å². The van der Waals surface area contributed by atoms with Gasteiger partial charge >= 0.3 is 11.9 Å². The number of carbonyl (C=O) groups is 2. The highest BCUT2D eigenvalue weighted by Gasteiger charge is 2.59. The molecule has 1 aromatic rings. The van der Waals surface area contributed by atoms with Crippen molar-refractivity contribution in [2.75, 3.05) is 20.4 Å². The van der Waals surface area contributed by atoms with Crippen molar-refractivity contribution in [2.24, 2.45) is 0 Å². The zero-order valence-electron chi connectivity index (χ0n) is 16.6. The average Bonchev–Trinajstić information content (AvgIpc) is 3.26. The van der Waals surface area contributed by atoms with E-state index in [2.05, 4.69) is 11.0 Å². The number of esters is 2. The molecule has 4 aliphatic rings. The smallest absolute Gasteiger partial charge is 0.304 e. The lowest BCUT2D eigenvalue weighted by Crippen LogP contribution is -2.52. The van der Waals surface area contributed by atoms with Gasteiger partial charge in [0.15, 0.2) is 17.7 Å². The molecule has 29 heavy (non-hydrogen) atoms. The first kappa shape index (κ1) is 18.3. The van der Waals surface area contributed by atoms with Crippen LogP contribution >= 0.6 is 0 Å². The van der Waals surface area contributed by atoms with Crippen LogP contribution in [0.5, 0.6) is 17.2 Å². The van der Waals surface area contributed by atoms with Gasteiger partial charge in [0.05, 0.1) is 12.7 Å². The summed E-state index contributed by atoms with van der Waals surface area (Å²) in [4.78, 5) is 25.6. The molecule has 1 aromatic carbocycles. The molecule has 1 saturated heterocycles. The molecule has 0 N–H and O–H groups in total. The lowest BCUT2D eigenvalue weighted by atomic mass is 9.66. The molecule has 1 fully saturated rings. The Morgan fingerprint density at radius 3 is 2.72 bits per heavy atom. The molecule has 154 valence electrons. The molecule has 0 radical (unpaired) electrons. The third kappa shape index (κ3) is 2.55. The van der Waals surface area contributed by atoms with E-state index in [0.717, 1.165) is 24.1 Å². The number of hydrogen-bond acceptors (Lipinski definition) is 8. The Morgan fingerprint density at radius 2 is 2.00 bits per heavy atom. The van der Waals surface area contributed by atoms with Crippen molar-refractivity contribution >= 4 is 11.9 Å². The maximum absolute atomic E-state index is 12.0. The van der Waals surface area contributed by atoms with Crippen molar-refractivity contribution in [1.82, 2.24) is 4.90 Å². The second-order valence-electron chi connectivity index (χ2n) is 7.85. The first-order valence-electron chi connectivity index (χ1n) is 9.75. The van der Waals surface area contributed by atoms with Crippen molar-refractivity contribution < 1.29 is 33.3 Å². The molecule has 0 saturated carbocycles. The summed E-state index contributed by atoms with van der Waals surface area (Å²) < 4.78 is 28.3. The van der Waals surface area contributed by atoms with Gasteiger partial charge in [0.2, 0.25) is 12.5 Å². The first-order valence-corrected chi connectivity index (χ1v) is 9.75. The standard InChI is InChI=1S/C21H23NO7/c1-11(23)28-13-4-5-21-6-7-22(16(21)8-13)20(29-12(2)24)17-14(21)9-15-18(19(17)25-3)27-10-26-15/h4-5,9,13,16,20H,6-8,10H2,1-3H3. The highest BCUT2D eigenvalue weighted by Crippen LogP contribution is 2.60. The maximum Gasteiger partial charge on any atom is 0.304 e. The van der Waals surface area contributed by atoms with Crippen LogP contribution in [0, 0.1) is 0 Å². The normalized spacial score (nSPS) is 32.9. The molecule has 8 nitrogen and oxygen atoms in total. The predicted molar refractivity (Wildman–Crippen MR) is 99.7 cm³/mol. The van der Waals surface area contributed by atoms with Gasteiger partial charge in [-0.05, 0) is 24.1 Å². The van der Waals surface area contributed by atoms with E-state index in [1.165, 1.54) is 13.8 Å². The Hall–Kier alpha value is -2.74. The van der Waals surface area contributed by atoms with Crippen LogP contribution < -0.4 is 14.2 Å². The number of methoxy groups -OCH3 is 1. The van der Waals surface area contributed by atoms with E-state index in [9.17, 15) is 9.59 Å². The predicted octanol–water partition coefficient (Wildman–Crippen LogP) is 2.20. The second-order valence-corrected chi connectivity index (χ2v) is 7.85. The van der Waals surface area contributed by atoms with Crippen molar-refractivity contribution in [3.63, 3.8) is 0 Å². The summed E-state index contributed by atoms with van der Waals surface area (Å²) in [5.41, 5.74) is 1.52. The molecule has 0 spiro atoms. The number of benzene rings is 1. The minimum absolute atomic E-state index is 0.0266. The molecule has 5 atom stereocenters. The van der Waals surface area contributed by atoms with E-state index in [-0.39, 0.29) is 36.3 Å². The maximum atomic E-state index is 12.0. The van der Waals surface area contributed by atoms with E-state index < -0.39 is 6.23 Å². The summed E-state index contributed by atoms with van der Waals surface area (Å²) in [6.07, 6.45) is 4.69. The van der Waals surface area contributed by atoms with Crippen molar-refractivity contribution in [3.05, 3.63) is 29.3 Å². The molecule has 3 heterocycles. The van der Waals surface area contributed by atoms with Gasteiger partial charge in [0.25, 0.3) is 0 Å². The van der Waals surface area contributed by atoms with E-state index in [4.69, 9.17) is 23.7 Å². The minimum Gasteiger partial charge on any atom is -0.492 e. The number of carbonyl (C=O) groups excluding carboxylic acids is 2. The van der Waals surface area contributed by atoms with Crippen LogP contribution in [-0.4, -0.2) is 49.4 Å². The highest BCUT2D eigenvalue weighted by molar-refractivity contribution is 5.69. The quantitative estimate of drug-likeness (QED) is 0.563. The SMILES string of the molecule is COc1c2c(cc3c1C(OC(C)=O)N1CCC34C=CC(OC(C)=O)CC14)OCO2. The lowest BCUT2D eigenvalue weighted by Gasteiger charge is -2.48. The van der Waals surface area contributed by atoms with Crippen LogP contribution in [-0.2, 0) is 24.5 Å². The third-order valence-electron chi connectivity index (χ3n) is 6.35. The molecule has 0 aromatic heterocycles. The van der Waals surface area contributed by atoms with E-state index in [0.29, 0.717) is 23.7 Å². The van der Waals surface area contributed by atoms with Gasteiger partial charge in [-0.3, -0.25) is 14.5 Å². The van der Waals surface area contributed by atoms with E-state index >= 15 is 0 Å². The number of ether oxygens (including phenoxy) is 5. The molecule has 1 aliphatic carbocycles. The fourth-order valence-corrected chi connectivity index (χ4v) is 5.34. The number of nitrogens with zero attached hydrogens (tertiary/aromatic N) is 1. The van der Waals surface area contributed by atoms with Gasteiger partial charge < -0.3 is 23.7 Å². The molecule has 0 amide bonds. The molecule has 3 aliphatic heterocycles. The number of hydrogen-bond donors (Lipinski definition) is 0. The average molecular weight is 401 g/mol. The van der Waals surface area contributed by atoms with Crippen molar-refractivity contribution in [3.8, 4) is 17.2 Å². The number of rotatable bonds is 3. The monoisotopic (exact) mass is 401 g/mol. The zero-order valence-corrected chi connectivity index (χ0v) is 16.6. The van der Waals surface area contributed by atoms with E-state index in [1.54, 1.807) is 7.11 Å². The van der Waals surface area contributed by atoms with Gasteiger partial charge in [-0.2, -0.15) is 0 Å². The molecular weight excluding hydrogens is 378 g/mol. The summed E-state index contributed by atoms with van der Waals surface area (Å²) in [7, 11) is 1.58. The highest BCUT2D eigenvalue weighted by atomic mass is 16.7. The Balaban J connectivity index is 1.71. The topological polar surface area (TPSA) is 83.5 Å². The lowest BCUT2D eigenvalue weighted by molar-refractivity contribution is -0.161. The second kappa shape index (κ2) is 6.38. The fourth-order valence-electron chi connectivity index (χ4n) is 5.34. The molecule has 2 bridgehead atoms. The summed E-state index contributed by atoms with van der Waals surface area (Å²) in [6, 6.07) is 2.02. The Bertz CT molecular complexity index is 926. The molecule has 5 unspecified atom stereocenters. The summed E-state index contributed by atoms with van der Waals surface area (Å²) >= 11 is 0. The zero-order chi connectivity index (χ0) is 20.3. The third-order valence-corrected chi connectivity index (χ3v) is 6.35. The Morgan fingerprint density at radius 1 is 1.21 bits per heavy atom. The van der Waals surface area contributed by atoms with Gasteiger partial charge in [-0.25, -0.2) is 0 Å². The van der Waals surface area contributed by atoms with Crippen LogP contribution in [0.25, 0.3) is 0 Å². The molecule has 8 heteroatoms. The van der Waals surface area contributed by atoms with Gasteiger partial charge in [0.1, 0.15) is 6.10 Å². The minimum atomic E-state index is -0.600.